The number of hydrogen-bond acceptors (Lipinski definition) is 6. The summed E-state index contributed by atoms with van der Waals surface area (Å²) in [5.41, 5.74) is 37.1. The van der Waals surface area contributed by atoms with Crippen LogP contribution in [-0.2, 0) is 0 Å². The highest BCUT2D eigenvalue weighted by Crippen LogP contribution is 2.50. The second-order valence-corrected chi connectivity index (χ2v) is 40.5. The lowest BCUT2D eigenvalue weighted by Gasteiger charge is -2.26. The third-order valence-corrected chi connectivity index (χ3v) is 31.9. The molecule has 27 rings (SSSR count). The Morgan fingerprint density at radius 3 is 0.554 bits per heavy atom. The highest BCUT2D eigenvalue weighted by molar-refractivity contribution is 7.27. The van der Waals surface area contributed by atoms with E-state index in [1.165, 1.54) is 194 Å². The van der Waals surface area contributed by atoms with E-state index in [2.05, 4.69) is 603 Å². The molecule has 148 heavy (non-hydrogen) atoms. The summed E-state index contributed by atoms with van der Waals surface area (Å²) in [4.78, 5) is 6.97. The summed E-state index contributed by atoms with van der Waals surface area (Å²) in [5.74, 6) is 0. The molecule has 27 aromatic rings. The third-order valence-electron chi connectivity index (χ3n) is 28.2. The second kappa shape index (κ2) is 41.1. The fourth-order valence-corrected chi connectivity index (χ4v) is 24.4. The Bertz CT molecular complexity index is 9300. The molecule has 0 spiro atoms. The molecule has 698 valence electrons. The van der Waals surface area contributed by atoms with Crippen molar-refractivity contribution in [3.05, 3.63) is 588 Å². The molecule has 0 amide bonds. The van der Waals surface area contributed by atoms with E-state index in [0.717, 1.165) is 51.2 Å². The van der Waals surface area contributed by atoms with Gasteiger partial charge >= 0.3 is 0 Å². The van der Waals surface area contributed by atoms with Gasteiger partial charge in [-0.15, -0.1) is 34.0 Å². The molecule has 3 aromatic heterocycles. The molecule has 0 unspecified atom stereocenters. The molecule has 0 fully saturated rings. The zero-order chi connectivity index (χ0) is 98.4. The van der Waals surface area contributed by atoms with E-state index in [1.54, 1.807) is 0 Å². The summed E-state index contributed by atoms with van der Waals surface area (Å²) in [7, 11) is 0. The number of rotatable bonds is 20. The predicted molar refractivity (Wildman–Crippen MR) is 639 cm³/mol. The van der Waals surface area contributed by atoms with Gasteiger partial charge in [0.1, 0.15) is 0 Å². The van der Waals surface area contributed by atoms with Crippen molar-refractivity contribution in [2.45, 2.75) is 0 Å². The molecule has 6 heteroatoms. The van der Waals surface area contributed by atoms with Crippen LogP contribution in [0.15, 0.2) is 588 Å². The molecule has 0 bridgehead atoms. The summed E-state index contributed by atoms with van der Waals surface area (Å²) >= 11 is 5.65. The SMILES string of the molecule is c1ccc(-c2ccc(-c3cc(-c4ccc(N(c5ccccc5)c5ccc(-c6ccccc6)cc5)cc4)cc4c3sc3ccccc34)cc2)cc1.c1ccc(-c2ccc(-c3cc(-c4ccc(N(c5ccccc5)c5ccccc5)cc4)cc4c3sc3ccccc34)cc2)cc1.c1ccc(-c2ccc(-c3ccc(N(c4ccccc4)c4ccc(-c5cc(-c6ccc7ccccc7c6)c6sc7ccccc7c6c5)cc4)cc3)cc2)cc1. The zero-order valence-corrected chi connectivity index (χ0v) is 83.5. The Morgan fingerprint density at radius 2 is 0.291 bits per heavy atom. The number of benzene rings is 24. The first-order valence-corrected chi connectivity index (χ1v) is 52.8. The Labute approximate surface area is 875 Å². The van der Waals surface area contributed by atoms with Crippen molar-refractivity contribution in [3.8, 4) is 122 Å². The first-order chi connectivity index (χ1) is 73.3. The Morgan fingerprint density at radius 1 is 0.108 bits per heavy atom. The van der Waals surface area contributed by atoms with Crippen LogP contribution in [0.3, 0.4) is 0 Å². The fourth-order valence-electron chi connectivity index (χ4n) is 20.7. The Hall–Kier alpha value is -18.4. The number of nitrogens with zero attached hydrogens (tertiary/aromatic N) is 3. The minimum absolute atomic E-state index is 1.11. The Balaban J connectivity index is 0.000000116. The molecular weight excluding hydrogens is 1840 g/mol. The van der Waals surface area contributed by atoms with Crippen LogP contribution in [-0.4, -0.2) is 0 Å². The highest BCUT2D eigenvalue weighted by Gasteiger charge is 2.23. The molecule has 0 atom stereocenters. The lowest BCUT2D eigenvalue weighted by atomic mass is 9.94. The maximum absolute atomic E-state index is 2.39. The zero-order valence-electron chi connectivity index (χ0n) is 81.1. The Kier molecular flexibility index (Phi) is 25.3. The van der Waals surface area contributed by atoms with Crippen molar-refractivity contribution >= 4 is 156 Å². The van der Waals surface area contributed by atoms with Crippen LogP contribution in [0.1, 0.15) is 0 Å². The van der Waals surface area contributed by atoms with E-state index < -0.39 is 0 Å². The van der Waals surface area contributed by atoms with Crippen molar-refractivity contribution in [2.75, 3.05) is 14.7 Å². The fraction of sp³-hybridized carbons (Fsp3) is 0. The van der Waals surface area contributed by atoms with Crippen LogP contribution in [0.4, 0.5) is 51.2 Å². The maximum atomic E-state index is 2.39. The van der Waals surface area contributed by atoms with E-state index in [0.29, 0.717) is 0 Å². The molecule has 0 N–H and O–H groups in total. The van der Waals surface area contributed by atoms with Crippen LogP contribution in [0, 0.1) is 0 Å². The van der Waals surface area contributed by atoms with Gasteiger partial charge in [0.2, 0.25) is 0 Å². The van der Waals surface area contributed by atoms with E-state index in [-0.39, 0.29) is 0 Å². The molecule has 3 nitrogen and oxygen atoms in total. The van der Waals surface area contributed by atoms with Gasteiger partial charge in [-0.2, -0.15) is 0 Å². The monoisotopic (exact) mass is 1940 g/mol. The second-order valence-electron chi connectivity index (χ2n) is 37.3. The molecule has 0 saturated heterocycles. The number of thiophene rings is 3. The molecule has 0 aliphatic carbocycles. The van der Waals surface area contributed by atoms with Gasteiger partial charge in [0, 0.05) is 128 Å². The van der Waals surface area contributed by atoms with Crippen LogP contribution in [0.25, 0.3) is 194 Å². The van der Waals surface area contributed by atoms with E-state index >= 15 is 0 Å². The molecule has 3 heterocycles. The van der Waals surface area contributed by atoms with Gasteiger partial charge in [-0.05, 0) is 286 Å². The van der Waals surface area contributed by atoms with E-state index in [4.69, 9.17) is 0 Å². The number of hydrogen-bond donors (Lipinski definition) is 0. The van der Waals surface area contributed by atoms with Gasteiger partial charge < -0.3 is 14.7 Å². The number of fused-ring (bicyclic) bond motifs is 10. The topological polar surface area (TPSA) is 9.72 Å². The smallest absolute Gasteiger partial charge is 0.0462 e. The van der Waals surface area contributed by atoms with Crippen molar-refractivity contribution < 1.29 is 0 Å². The van der Waals surface area contributed by atoms with Gasteiger partial charge in [0.25, 0.3) is 0 Å². The molecule has 0 saturated carbocycles. The van der Waals surface area contributed by atoms with Gasteiger partial charge in [-0.25, -0.2) is 0 Å². The van der Waals surface area contributed by atoms with Gasteiger partial charge in [-0.1, -0.05) is 419 Å². The quantitative estimate of drug-likeness (QED) is 0.0753. The maximum Gasteiger partial charge on any atom is 0.0462 e. The first kappa shape index (κ1) is 90.8. The largest absolute Gasteiger partial charge is 0.311 e. The van der Waals surface area contributed by atoms with Crippen molar-refractivity contribution in [2.24, 2.45) is 0 Å². The van der Waals surface area contributed by atoms with Crippen molar-refractivity contribution in [1.82, 2.24) is 0 Å². The molecule has 0 aliphatic heterocycles. The van der Waals surface area contributed by atoms with E-state index in [1.807, 2.05) is 34.0 Å². The summed E-state index contributed by atoms with van der Waals surface area (Å²) in [6.07, 6.45) is 0. The van der Waals surface area contributed by atoms with Gasteiger partial charge in [-0.3, -0.25) is 0 Å². The van der Waals surface area contributed by atoms with Crippen LogP contribution >= 0.6 is 34.0 Å². The molecule has 0 radical (unpaired) electrons. The van der Waals surface area contributed by atoms with Gasteiger partial charge in [0.05, 0.1) is 0 Å². The van der Waals surface area contributed by atoms with E-state index in [9.17, 15) is 0 Å². The van der Waals surface area contributed by atoms with Crippen LogP contribution in [0.5, 0.6) is 0 Å². The summed E-state index contributed by atoms with van der Waals surface area (Å²) in [6.45, 7) is 0. The van der Waals surface area contributed by atoms with Crippen molar-refractivity contribution in [1.29, 1.82) is 0 Å². The first-order valence-electron chi connectivity index (χ1n) is 50.4. The predicted octanol–water partition coefficient (Wildman–Crippen LogP) is 42.1. The summed E-state index contributed by atoms with van der Waals surface area (Å²) in [6, 6.07) is 212. The number of para-hydroxylation sites is 4. The average molecular weight is 1940 g/mol. The minimum Gasteiger partial charge on any atom is -0.311 e. The average Bonchev–Trinajstić information content (AvgIpc) is 1.60. The molecule has 24 aromatic carbocycles. The van der Waals surface area contributed by atoms with Crippen LogP contribution in [0.2, 0.25) is 0 Å². The van der Waals surface area contributed by atoms with Crippen molar-refractivity contribution in [3.63, 3.8) is 0 Å². The minimum atomic E-state index is 1.11. The molecule has 0 aliphatic rings. The van der Waals surface area contributed by atoms with Crippen LogP contribution < -0.4 is 14.7 Å². The summed E-state index contributed by atoms with van der Waals surface area (Å²) in [5, 5.41) is 10.4. The lowest BCUT2D eigenvalue weighted by molar-refractivity contribution is 1.28. The number of anilines is 9. The highest BCUT2D eigenvalue weighted by atomic mass is 32.1. The molecular formula is C142H97N3S3. The lowest BCUT2D eigenvalue weighted by Crippen LogP contribution is -2.09. The van der Waals surface area contributed by atoms with Gasteiger partial charge in [0.15, 0.2) is 0 Å². The normalized spacial score (nSPS) is 11.2. The third kappa shape index (κ3) is 18.7. The summed E-state index contributed by atoms with van der Waals surface area (Å²) < 4.78 is 7.94. The standard InChI is InChI=1S/C52H35NS.C48H33NS.C42H29NS/c1-3-11-36(12-4-1)38-19-21-39(22-20-38)40-25-29-46(30-26-40)53(45-15-5-2-6-16-45)47-31-27-41(28-32-47)44-34-49(43-24-23-37-13-7-8-14-42(37)33-43)52-50(35-44)48-17-9-10-18-51(48)54-52;1-4-12-34(13-5-1)36-20-22-39(23-21-36)45-32-40(33-46-44-18-10-11-19-47(44)50-48(45)46)38-26-30-43(31-27-38)49(41-16-8-3-9-17-41)42-28-24-37(25-29-42)35-14-6-2-7-15-35;1-4-12-30(13-5-1)31-20-22-33(23-21-31)39-28-34(29-40-38-18-10-11-19-41(38)44-42(39)40)32-24-26-37(27-25-32)43(35-14-6-2-7-15-35)36-16-8-3-9-17-36/h1-35H;1-33H;1-29H.